The fourth-order valence-corrected chi connectivity index (χ4v) is 4.53. The minimum absolute atomic E-state index is 0.0688. The Morgan fingerprint density at radius 2 is 1.64 bits per heavy atom. The van der Waals surface area contributed by atoms with E-state index in [1.165, 1.54) is 12.1 Å². The molecule has 0 unspecified atom stereocenters. The number of carbonyl (C=O) groups excluding carboxylic acids is 1. The molecule has 1 saturated heterocycles. The SMILES string of the molecule is CC(=O)N1CCN([C@H](CNS(=O)(=O)c2ccc(Cl)cc2)c2ccccc2)CC1. The van der Waals surface area contributed by atoms with Crippen LogP contribution in [0.25, 0.3) is 0 Å². The third-order valence-corrected chi connectivity index (χ3v) is 6.67. The maximum absolute atomic E-state index is 12.7. The Morgan fingerprint density at radius 3 is 2.21 bits per heavy atom. The molecular formula is C20H24ClN3O3S. The van der Waals surface area contributed by atoms with Gasteiger partial charge in [-0.25, -0.2) is 13.1 Å². The van der Waals surface area contributed by atoms with Gasteiger partial charge in [-0.3, -0.25) is 9.69 Å². The molecule has 28 heavy (non-hydrogen) atoms. The Hall–Kier alpha value is -1.93. The lowest BCUT2D eigenvalue weighted by Gasteiger charge is -2.39. The van der Waals surface area contributed by atoms with E-state index in [9.17, 15) is 13.2 Å². The molecule has 1 amide bonds. The normalized spacial score (nSPS) is 16.7. The number of piperazine rings is 1. The van der Waals surface area contributed by atoms with E-state index < -0.39 is 10.0 Å². The van der Waals surface area contributed by atoms with Crippen LogP contribution in [0.4, 0.5) is 0 Å². The van der Waals surface area contributed by atoms with Crippen molar-refractivity contribution >= 4 is 27.5 Å². The Bertz CT molecular complexity index is 896. The van der Waals surface area contributed by atoms with E-state index in [4.69, 9.17) is 11.6 Å². The molecule has 0 radical (unpaired) electrons. The summed E-state index contributed by atoms with van der Waals surface area (Å²) < 4.78 is 28.1. The summed E-state index contributed by atoms with van der Waals surface area (Å²) in [6.45, 7) is 4.49. The lowest BCUT2D eigenvalue weighted by atomic mass is 10.0. The van der Waals surface area contributed by atoms with E-state index in [-0.39, 0.29) is 23.4 Å². The van der Waals surface area contributed by atoms with Crippen molar-refractivity contribution in [1.29, 1.82) is 0 Å². The average Bonchev–Trinajstić information content (AvgIpc) is 2.69. The van der Waals surface area contributed by atoms with Gasteiger partial charge in [-0.15, -0.1) is 0 Å². The van der Waals surface area contributed by atoms with E-state index in [1.54, 1.807) is 19.1 Å². The van der Waals surface area contributed by atoms with Gasteiger partial charge in [-0.05, 0) is 29.8 Å². The average molecular weight is 422 g/mol. The zero-order chi connectivity index (χ0) is 20.1. The second kappa shape index (κ2) is 9.05. The van der Waals surface area contributed by atoms with Gasteiger partial charge in [0.15, 0.2) is 0 Å². The van der Waals surface area contributed by atoms with Crippen LogP contribution in [0.5, 0.6) is 0 Å². The van der Waals surface area contributed by atoms with Gasteiger partial charge in [0.25, 0.3) is 0 Å². The summed E-state index contributed by atoms with van der Waals surface area (Å²) in [5.41, 5.74) is 1.04. The monoisotopic (exact) mass is 421 g/mol. The third-order valence-electron chi connectivity index (χ3n) is 4.98. The summed E-state index contributed by atoms with van der Waals surface area (Å²) in [6.07, 6.45) is 0. The van der Waals surface area contributed by atoms with Gasteiger partial charge < -0.3 is 4.90 Å². The Balaban J connectivity index is 1.75. The molecule has 6 nitrogen and oxygen atoms in total. The van der Waals surface area contributed by atoms with Crippen LogP contribution in [-0.2, 0) is 14.8 Å². The van der Waals surface area contributed by atoms with Crippen molar-refractivity contribution in [2.75, 3.05) is 32.7 Å². The van der Waals surface area contributed by atoms with Crippen LogP contribution in [0.15, 0.2) is 59.5 Å². The molecule has 3 rings (SSSR count). The van der Waals surface area contributed by atoms with E-state index >= 15 is 0 Å². The van der Waals surface area contributed by atoms with Gasteiger partial charge in [0.2, 0.25) is 15.9 Å². The topological polar surface area (TPSA) is 69.7 Å². The zero-order valence-corrected chi connectivity index (χ0v) is 17.3. The second-order valence-corrected chi connectivity index (χ2v) is 8.98. The molecule has 2 aromatic rings. The van der Waals surface area contributed by atoms with E-state index in [0.717, 1.165) is 5.56 Å². The van der Waals surface area contributed by atoms with Gasteiger partial charge in [-0.2, -0.15) is 0 Å². The van der Waals surface area contributed by atoms with Crippen LogP contribution < -0.4 is 4.72 Å². The maximum atomic E-state index is 12.7. The van der Waals surface area contributed by atoms with Crippen LogP contribution in [0, 0.1) is 0 Å². The molecule has 0 saturated carbocycles. The minimum atomic E-state index is -3.64. The number of halogens is 1. The van der Waals surface area contributed by atoms with E-state index in [2.05, 4.69) is 9.62 Å². The molecule has 8 heteroatoms. The maximum Gasteiger partial charge on any atom is 0.240 e. The number of rotatable bonds is 6. The molecule has 1 fully saturated rings. The van der Waals surface area contributed by atoms with Gasteiger partial charge in [0.05, 0.1) is 4.90 Å². The predicted octanol–water partition coefficient (Wildman–Crippen LogP) is 2.52. The Morgan fingerprint density at radius 1 is 1.04 bits per heavy atom. The molecule has 0 bridgehead atoms. The summed E-state index contributed by atoms with van der Waals surface area (Å²) in [7, 11) is -3.64. The van der Waals surface area contributed by atoms with Gasteiger partial charge in [0.1, 0.15) is 0 Å². The van der Waals surface area contributed by atoms with Crippen molar-refractivity contribution in [2.45, 2.75) is 17.9 Å². The lowest BCUT2D eigenvalue weighted by molar-refractivity contribution is -0.130. The van der Waals surface area contributed by atoms with Crippen LogP contribution in [0.2, 0.25) is 5.02 Å². The first kappa shape index (κ1) is 20.8. The van der Waals surface area contributed by atoms with Gasteiger partial charge in [0, 0.05) is 50.7 Å². The number of benzene rings is 2. The molecule has 1 aliphatic rings. The summed E-state index contributed by atoms with van der Waals surface area (Å²) >= 11 is 5.86. The number of nitrogens with one attached hydrogen (secondary N) is 1. The number of carbonyl (C=O) groups is 1. The zero-order valence-electron chi connectivity index (χ0n) is 15.7. The largest absolute Gasteiger partial charge is 0.340 e. The molecule has 1 atom stereocenters. The van der Waals surface area contributed by atoms with Crippen molar-refractivity contribution in [3.8, 4) is 0 Å². The molecule has 1 heterocycles. The molecule has 0 spiro atoms. The van der Waals surface area contributed by atoms with Crippen LogP contribution in [0.3, 0.4) is 0 Å². The molecule has 0 aliphatic carbocycles. The van der Waals surface area contributed by atoms with Crippen molar-refractivity contribution in [3.63, 3.8) is 0 Å². The minimum Gasteiger partial charge on any atom is -0.340 e. The highest BCUT2D eigenvalue weighted by Gasteiger charge is 2.27. The van der Waals surface area contributed by atoms with Crippen molar-refractivity contribution < 1.29 is 13.2 Å². The standard InChI is InChI=1S/C20H24ClN3O3S/c1-16(25)23-11-13-24(14-12-23)20(17-5-3-2-4-6-17)15-22-28(26,27)19-9-7-18(21)8-10-19/h2-10,20,22H,11-15H2,1H3/t20-/m1/s1. The van der Waals surface area contributed by atoms with Gasteiger partial charge in [-0.1, -0.05) is 41.9 Å². The predicted molar refractivity (Wildman–Crippen MR) is 110 cm³/mol. The number of hydrogen-bond donors (Lipinski definition) is 1. The smallest absolute Gasteiger partial charge is 0.240 e. The van der Waals surface area contributed by atoms with Gasteiger partial charge >= 0.3 is 0 Å². The number of amides is 1. The Kier molecular flexibility index (Phi) is 6.72. The van der Waals surface area contributed by atoms with Crippen LogP contribution >= 0.6 is 11.6 Å². The number of hydrogen-bond acceptors (Lipinski definition) is 4. The summed E-state index contributed by atoms with van der Waals surface area (Å²) in [5, 5.41) is 0.490. The number of sulfonamides is 1. The first-order chi connectivity index (χ1) is 13.4. The fraction of sp³-hybridized carbons (Fsp3) is 0.350. The summed E-state index contributed by atoms with van der Waals surface area (Å²) in [4.78, 5) is 15.8. The highest BCUT2D eigenvalue weighted by atomic mass is 35.5. The van der Waals surface area contributed by atoms with Crippen molar-refractivity contribution in [1.82, 2.24) is 14.5 Å². The molecular weight excluding hydrogens is 398 g/mol. The molecule has 150 valence electrons. The summed E-state index contributed by atoms with van der Waals surface area (Å²) in [6, 6.07) is 15.8. The van der Waals surface area contributed by atoms with Crippen molar-refractivity contribution in [3.05, 3.63) is 65.2 Å². The fourth-order valence-electron chi connectivity index (χ4n) is 3.37. The molecule has 0 aromatic heterocycles. The molecule has 2 aromatic carbocycles. The number of nitrogens with zero attached hydrogens (tertiary/aromatic N) is 2. The Labute approximate surface area is 171 Å². The second-order valence-electron chi connectivity index (χ2n) is 6.77. The third kappa shape index (κ3) is 5.11. The lowest BCUT2D eigenvalue weighted by Crippen LogP contribution is -2.50. The first-order valence-corrected chi connectivity index (χ1v) is 11.0. The first-order valence-electron chi connectivity index (χ1n) is 9.16. The molecule has 1 aliphatic heterocycles. The summed E-state index contributed by atoms with van der Waals surface area (Å²) in [5.74, 6) is 0.0688. The quantitative estimate of drug-likeness (QED) is 0.778. The van der Waals surface area contributed by atoms with Crippen LogP contribution in [0.1, 0.15) is 18.5 Å². The highest BCUT2D eigenvalue weighted by Crippen LogP contribution is 2.23. The van der Waals surface area contributed by atoms with E-state index in [0.29, 0.717) is 31.2 Å². The van der Waals surface area contributed by atoms with Crippen LogP contribution in [-0.4, -0.2) is 56.8 Å². The molecule has 1 N–H and O–H groups in total. The van der Waals surface area contributed by atoms with Crippen molar-refractivity contribution in [2.24, 2.45) is 0 Å². The highest BCUT2D eigenvalue weighted by molar-refractivity contribution is 7.89. The van der Waals surface area contributed by atoms with E-state index in [1.807, 2.05) is 35.2 Å².